The van der Waals surface area contributed by atoms with Crippen LogP contribution in [0, 0.1) is 12.7 Å². The maximum Gasteiger partial charge on any atom is 0.295 e. The number of aliphatic hydroxyl groups is 1. The van der Waals surface area contributed by atoms with Crippen LogP contribution in [0.25, 0.3) is 5.76 Å². The van der Waals surface area contributed by atoms with Crippen LogP contribution < -0.4 is 0 Å². The number of methoxy groups -OCH3 is 1. The number of aryl methyl sites for hydroxylation is 1. The average Bonchev–Trinajstić information content (AvgIpc) is 2.93. The number of halogens is 1. The molecule has 1 N–H and O–H groups in total. The molecule has 1 atom stereocenters. The predicted octanol–water partition coefficient (Wildman–Crippen LogP) is 3.59. The molecule has 0 saturated carbocycles. The third-order valence-electron chi connectivity index (χ3n) is 4.78. The minimum Gasteiger partial charge on any atom is -0.507 e. The Bertz CT molecular complexity index is 920. The van der Waals surface area contributed by atoms with Crippen LogP contribution in [0.15, 0.2) is 54.1 Å². The van der Waals surface area contributed by atoms with Gasteiger partial charge in [0.1, 0.15) is 11.6 Å². The number of Topliss-reactive ketones (excluding diaryl/α,β-unsaturated/α-hetero) is 1. The summed E-state index contributed by atoms with van der Waals surface area (Å²) in [5.41, 5.74) is 1.84. The number of benzene rings is 2. The highest BCUT2D eigenvalue weighted by atomic mass is 19.1. The van der Waals surface area contributed by atoms with Gasteiger partial charge in [0.2, 0.25) is 0 Å². The first-order valence-electron chi connectivity index (χ1n) is 9.04. The van der Waals surface area contributed by atoms with Gasteiger partial charge in [-0.2, -0.15) is 0 Å². The van der Waals surface area contributed by atoms with E-state index in [1.807, 2.05) is 6.92 Å². The van der Waals surface area contributed by atoms with Gasteiger partial charge in [-0.15, -0.1) is 0 Å². The van der Waals surface area contributed by atoms with E-state index >= 15 is 0 Å². The molecule has 3 rings (SSSR count). The fourth-order valence-corrected chi connectivity index (χ4v) is 3.38. The second-order valence-corrected chi connectivity index (χ2v) is 6.76. The molecule has 28 heavy (non-hydrogen) atoms. The van der Waals surface area contributed by atoms with Gasteiger partial charge in [0, 0.05) is 25.8 Å². The van der Waals surface area contributed by atoms with Crippen molar-refractivity contribution in [3.05, 3.63) is 76.6 Å². The van der Waals surface area contributed by atoms with E-state index in [-0.39, 0.29) is 17.9 Å². The van der Waals surface area contributed by atoms with Gasteiger partial charge in [-0.1, -0.05) is 42.0 Å². The van der Waals surface area contributed by atoms with Crippen LogP contribution in [-0.2, 0) is 14.3 Å². The van der Waals surface area contributed by atoms with Gasteiger partial charge >= 0.3 is 0 Å². The van der Waals surface area contributed by atoms with E-state index in [1.165, 1.54) is 23.1 Å². The normalized spacial score (nSPS) is 18.7. The summed E-state index contributed by atoms with van der Waals surface area (Å²) >= 11 is 0. The van der Waals surface area contributed by atoms with Gasteiger partial charge in [-0.3, -0.25) is 9.59 Å². The van der Waals surface area contributed by atoms with Gasteiger partial charge in [-0.25, -0.2) is 4.39 Å². The maximum atomic E-state index is 13.9. The Labute approximate surface area is 163 Å². The summed E-state index contributed by atoms with van der Waals surface area (Å²) in [6.07, 6.45) is 0.514. The van der Waals surface area contributed by atoms with Crippen LogP contribution in [0.5, 0.6) is 0 Å². The average molecular weight is 383 g/mol. The van der Waals surface area contributed by atoms with Crippen LogP contribution in [0.4, 0.5) is 4.39 Å². The smallest absolute Gasteiger partial charge is 0.295 e. The van der Waals surface area contributed by atoms with E-state index in [1.54, 1.807) is 37.4 Å². The first-order valence-corrected chi connectivity index (χ1v) is 9.04. The number of rotatable bonds is 6. The molecule has 1 amide bonds. The molecule has 1 unspecified atom stereocenters. The lowest BCUT2D eigenvalue weighted by Crippen LogP contribution is -2.31. The molecule has 6 heteroatoms. The molecule has 0 aliphatic carbocycles. The van der Waals surface area contributed by atoms with Crippen LogP contribution in [0.1, 0.15) is 29.2 Å². The third kappa shape index (κ3) is 3.82. The summed E-state index contributed by atoms with van der Waals surface area (Å²) < 4.78 is 18.9. The van der Waals surface area contributed by atoms with Crippen molar-refractivity contribution in [3.8, 4) is 0 Å². The lowest BCUT2D eigenvalue weighted by atomic mass is 9.95. The Morgan fingerprint density at radius 2 is 1.89 bits per heavy atom. The highest BCUT2D eigenvalue weighted by molar-refractivity contribution is 6.46. The number of aliphatic hydroxyl groups excluding tert-OH is 1. The molecule has 1 aliphatic rings. The van der Waals surface area contributed by atoms with E-state index in [0.717, 1.165) is 5.56 Å². The Morgan fingerprint density at radius 3 is 2.54 bits per heavy atom. The van der Waals surface area contributed by atoms with E-state index in [2.05, 4.69) is 0 Å². The number of carbonyl (C=O) groups is 2. The lowest BCUT2D eigenvalue weighted by molar-refractivity contribution is -0.140. The van der Waals surface area contributed by atoms with Crippen molar-refractivity contribution in [2.45, 2.75) is 19.4 Å². The van der Waals surface area contributed by atoms with Crippen molar-refractivity contribution >= 4 is 17.4 Å². The van der Waals surface area contributed by atoms with Crippen molar-refractivity contribution in [1.29, 1.82) is 0 Å². The third-order valence-corrected chi connectivity index (χ3v) is 4.78. The molecule has 2 aromatic carbocycles. The van der Waals surface area contributed by atoms with Crippen molar-refractivity contribution in [2.75, 3.05) is 20.3 Å². The summed E-state index contributed by atoms with van der Waals surface area (Å²) in [4.78, 5) is 26.8. The fraction of sp³-hybridized carbons (Fsp3) is 0.273. The van der Waals surface area contributed by atoms with E-state index in [9.17, 15) is 19.1 Å². The van der Waals surface area contributed by atoms with Crippen LogP contribution in [0.2, 0.25) is 0 Å². The minimum atomic E-state index is -0.853. The summed E-state index contributed by atoms with van der Waals surface area (Å²) in [5.74, 6) is -2.22. The number of carbonyl (C=O) groups excluding carboxylic acids is 2. The molecular formula is C22H22FNO4. The first-order chi connectivity index (χ1) is 13.4. The summed E-state index contributed by atoms with van der Waals surface area (Å²) in [6, 6.07) is 11.9. The maximum absolute atomic E-state index is 13.9. The van der Waals surface area contributed by atoms with Crippen molar-refractivity contribution in [1.82, 2.24) is 4.90 Å². The topological polar surface area (TPSA) is 66.8 Å². The predicted molar refractivity (Wildman–Crippen MR) is 103 cm³/mol. The van der Waals surface area contributed by atoms with Crippen LogP contribution in [-0.4, -0.2) is 42.0 Å². The molecule has 1 saturated heterocycles. The van der Waals surface area contributed by atoms with Crippen molar-refractivity contribution in [3.63, 3.8) is 0 Å². The summed E-state index contributed by atoms with van der Waals surface area (Å²) in [5, 5.41) is 10.9. The molecule has 2 aromatic rings. The summed E-state index contributed by atoms with van der Waals surface area (Å²) in [6.45, 7) is 2.58. The second kappa shape index (κ2) is 8.35. The highest BCUT2D eigenvalue weighted by Gasteiger charge is 2.45. The molecule has 1 heterocycles. The van der Waals surface area contributed by atoms with E-state index < -0.39 is 23.5 Å². The zero-order chi connectivity index (χ0) is 20.3. The van der Waals surface area contributed by atoms with Crippen molar-refractivity contribution < 1.29 is 23.8 Å². The SMILES string of the molecule is COCCCN1C(=O)C(=O)C(=C(O)c2ccc(C)cc2)C1c1cccc(F)c1. The molecule has 5 nitrogen and oxygen atoms in total. The minimum absolute atomic E-state index is 0.0307. The van der Waals surface area contributed by atoms with E-state index in [0.29, 0.717) is 24.2 Å². The zero-order valence-corrected chi connectivity index (χ0v) is 15.8. The Kier molecular flexibility index (Phi) is 5.90. The first kappa shape index (κ1) is 19.8. The molecule has 0 bridgehead atoms. The summed E-state index contributed by atoms with van der Waals surface area (Å²) in [7, 11) is 1.55. The standard InChI is InChI=1S/C22H22FNO4/c1-14-7-9-15(10-8-14)20(25)18-19(16-5-3-6-17(23)13-16)24(11-4-12-28-2)22(27)21(18)26/h3,5-10,13,19,25H,4,11-12H2,1-2H3. The zero-order valence-electron chi connectivity index (χ0n) is 15.8. The van der Waals surface area contributed by atoms with Gasteiger partial charge in [0.15, 0.2) is 0 Å². The molecule has 1 aliphatic heterocycles. The molecule has 0 aromatic heterocycles. The Morgan fingerprint density at radius 1 is 1.18 bits per heavy atom. The Hall–Kier alpha value is -2.99. The van der Waals surface area contributed by atoms with Crippen LogP contribution >= 0.6 is 0 Å². The quantitative estimate of drug-likeness (QED) is 0.358. The van der Waals surface area contributed by atoms with Gasteiger partial charge in [-0.05, 0) is 31.0 Å². The number of nitrogens with zero attached hydrogens (tertiary/aromatic N) is 1. The number of hydrogen-bond acceptors (Lipinski definition) is 4. The number of hydrogen-bond donors (Lipinski definition) is 1. The van der Waals surface area contributed by atoms with E-state index in [4.69, 9.17) is 4.74 Å². The molecule has 1 fully saturated rings. The van der Waals surface area contributed by atoms with Gasteiger partial charge in [0.25, 0.3) is 11.7 Å². The number of amides is 1. The largest absolute Gasteiger partial charge is 0.507 e. The molecular weight excluding hydrogens is 361 g/mol. The fourth-order valence-electron chi connectivity index (χ4n) is 3.38. The molecule has 146 valence electrons. The monoisotopic (exact) mass is 383 g/mol. The molecule has 0 spiro atoms. The number of likely N-dealkylation sites (tertiary alicyclic amines) is 1. The van der Waals surface area contributed by atoms with Crippen molar-refractivity contribution in [2.24, 2.45) is 0 Å². The lowest BCUT2D eigenvalue weighted by Gasteiger charge is -2.25. The second-order valence-electron chi connectivity index (χ2n) is 6.76. The Balaban J connectivity index is 2.12. The van der Waals surface area contributed by atoms with Crippen LogP contribution in [0.3, 0.4) is 0 Å². The highest BCUT2D eigenvalue weighted by Crippen LogP contribution is 2.39. The number of ketones is 1. The van der Waals surface area contributed by atoms with Gasteiger partial charge in [0.05, 0.1) is 11.6 Å². The van der Waals surface area contributed by atoms with Gasteiger partial charge < -0.3 is 14.7 Å². The molecule has 0 radical (unpaired) electrons. The number of ether oxygens (including phenoxy) is 1.